The van der Waals surface area contributed by atoms with Gasteiger partial charge >= 0.3 is 0 Å². The first-order chi connectivity index (χ1) is 9.56. The van der Waals surface area contributed by atoms with Gasteiger partial charge in [-0.15, -0.1) is 0 Å². The molecule has 0 saturated carbocycles. The van der Waals surface area contributed by atoms with E-state index in [1.165, 1.54) is 22.3 Å². The number of rotatable bonds is 2. The average molecular weight is 269 g/mol. The molecule has 0 bridgehead atoms. The van der Waals surface area contributed by atoms with Crippen LogP contribution in [-0.4, -0.2) is 6.79 Å². The van der Waals surface area contributed by atoms with Crippen molar-refractivity contribution in [3.05, 3.63) is 58.1 Å². The Balaban J connectivity index is 2.03. The van der Waals surface area contributed by atoms with Crippen LogP contribution in [0.5, 0.6) is 11.5 Å². The zero-order chi connectivity index (χ0) is 14.3. The molecule has 1 atom stereocenters. The number of fused-ring (bicyclic) bond motifs is 1. The fraction of sp³-hybridized carbons (Fsp3) is 0.294. The average Bonchev–Trinajstić information content (AvgIpc) is 2.84. The van der Waals surface area contributed by atoms with E-state index in [2.05, 4.69) is 32.9 Å². The second-order valence-corrected chi connectivity index (χ2v) is 5.40. The fourth-order valence-electron chi connectivity index (χ4n) is 2.95. The van der Waals surface area contributed by atoms with Gasteiger partial charge in [-0.25, -0.2) is 0 Å². The molecule has 3 rings (SSSR count). The maximum absolute atomic E-state index is 6.47. The first-order valence-electron chi connectivity index (χ1n) is 6.79. The predicted molar refractivity (Wildman–Crippen MR) is 79.2 cm³/mol. The first-order valence-corrected chi connectivity index (χ1v) is 6.79. The van der Waals surface area contributed by atoms with Gasteiger partial charge in [-0.1, -0.05) is 23.8 Å². The molecule has 20 heavy (non-hydrogen) atoms. The predicted octanol–water partition coefficient (Wildman–Crippen LogP) is 3.39. The van der Waals surface area contributed by atoms with Gasteiger partial charge in [0.05, 0.1) is 6.04 Å². The van der Waals surface area contributed by atoms with Crippen molar-refractivity contribution in [1.29, 1.82) is 0 Å². The summed E-state index contributed by atoms with van der Waals surface area (Å²) in [7, 11) is 0. The number of nitrogens with two attached hydrogens (primary N) is 1. The Bertz CT molecular complexity index is 641. The molecule has 1 aliphatic heterocycles. The highest BCUT2D eigenvalue weighted by atomic mass is 16.7. The van der Waals surface area contributed by atoms with E-state index in [0.29, 0.717) is 0 Å². The lowest BCUT2D eigenvalue weighted by atomic mass is 9.90. The minimum Gasteiger partial charge on any atom is -0.454 e. The molecule has 2 N–H and O–H groups in total. The third kappa shape index (κ3) is 2.14. The van der Waals surface area contributed by atoms with Gasteiger partial charge in [0.1, 0.15) is 0 Å². The molecule has 104 valence electrons. The van der Waals surface area contributed by atoms with E-state index in [1.807, 2.05) is 18.2 Å². The van der Waals surface area contributed by atoms with Crippen molar-refractivity contribution in [2.24, 2.45) is 5.73 Å². The van der Waals surface area contributed by atoms with Crippen LogP contribution in [0.3, 0.4) is 0 Å². The number of hydrogen-bond acceptors (Lipinski definition) is 3. The third-order valence-electron chi connectivity index (χ3n) is 3.80. The van der Waals surface area contributed by atoms with Crippen LogP contribution in [0.15, 0.2) is 30.3 Å². The minimum atomic E-state index is -0.148. The Labute approximate surface area is 119 Å². The molecule has 0 aliphatic carbocycles. The summed E-state index contributed by atoms with van der Waals surface area (Å²) in [6.45, 7) is 6.62. The molecule has 2 aromatic carbocycles. The number of aryl methyl sites for hydroxylation is 3. The van der Waals surface area contributed by atoms with Crippen molar-refractivity contribution >= 4 is 0 Å². The van der Waals surface area contributed by atoms with Crippen molar-refractivity contribution in [3.8, 4) is 11.5 Å². The lowest BCUT2D eigenvalue weighted by molar-refractivity contribution is 0.174. The van der Waals surface area contributed by atoms with E-state index in [4.69, 9.17) is 15.2 Å². The van der Waals surface area contributed by atoms with E-state index in [-0.39, 0.29) is 12.8 Å². The molecule has 0 saturated heterocycles. The largest absolute Gasteiger partial charge is 0.454 e. The van der Waals surface area contributed by atoms with E-state index in [1.54, 1.807) is 0 Å². The van der Waals surface area contributed by atoms with Gasteiger partial charge in [0.25, 0.3) is 0 Å². The van der Waals surface area contributed by atoms with E-state index < -0.39 is 0 Å². The van der Waals surface area contributed by atoms with Crippen LogP contribution in [0.1, 0.15) is 33.9 Å². The molecule has 1 aliphatic rings. The highest BCUT2D eigenvalue weighted by Gasteiger charge is 2.19. The van der Waals surface area contributed by atoms with Gasteiger partial charge in [-0.2, -0.15) is 0 Å². The smallest absolute Gasteiger partial charge is 0.231 e. The molecular weight excluding hydrogens is 250 g/mol. The molecular formula is C17H19NO2. The Kier molecular flexibility index (Phi) is 3.14. The fourth-order valence-corrected chi connectivity index (χ4v) is 2.95. The van der Waals surface area contributed by atoms with Crippen LogP contribution in [-0.2, 0) is 0 Å². The quantitative estimate of drug-likeness (QED) is 0.909. The number of ether oxygens (including phenoxy) is 2. The van der Waals surface area contributed by atoms with Gasteiger partial charge in [0.15, 0.2) is 11.5 Å². The van der Waals surface area contributed by atoms with Gasteiger partial charge in [-0.3, -0.25) is 0 Å². The summed E-state index contributed by atoms with van der Waals surface area (Å²) >= 11 is 0. The second-order valence-electron chi connectivity index (χ2n) is 5.40. The maximum atomic E-state index is 6.47. The molecule has 2 aromatic rings. The summed E-state index contributed by atoms with van der Waals surface area (Å²) in [4.78, 5) is 0. The first kappa shape index (κ1) is 13.0. The Morgan fingerprint density at radius 3 is 2.30 bits per heavy atom. The zero-order valence-electron chi connectivity index (χ0n) is 12.1. The molecule has 0 amide bonds. The Hall–Kier alpha value is -2.00. The van der Waals surface area contributed by atoms with Crippen molar-refractivity contribution in [1.82, 2.24) is 0 Å². The van der Waals surface area contributed by atoms with E-state index in [0.717, 1.165) is 17.1 Å². The van der Waals surface area contributed by atoms with Gasteiger partial charge in [0, 0.05) is 0 Å². The monoisotopic (exact) mass is 269 g/mol. The number of hydrogen-bond donors (Lipinski definition) is 1. The van der Waals surface area contributed by atoms with Gasteiger partial charge in [-0.05, 0) is 55.2 Å². The van der Waals surface area contributed by atoms with E-state index in [9.17, 15) is 0 Å². The van der Waals surface area contributed by atoms with Crippen LogP contribution in [0, 0.1) is 20.8 Å². The molecule has 3 nitrogen and oxygen atoms in total. The van der Waals surface area contributed by atoms with Gasteiger partial charge < -0.3 is 15.2 Å². The minimum absolute atomic E-state index is 0.148. The van der Waals surface area contributed by atoms with Crippen molar-refractivity contribution in [2.75, 3.05) is 6.79 Å². The molecule has 1 unspecified atom stereocenters. The molecule has 3 heteroatoms. The van der Waals surface area contributed by atoms with Crippen LogP contribution in [0.25, 0.3) is 0 Å². The van der Waals surface area contributed by atoms with Crippen LogP contribution in [0.2, 0.25) is 0 Å². The highest BCUT2D eigenvalue weighted by Crippen LogP contribution is 2.36. The lowest BCUT2D eigenvalue weighted by Gasteiger charge is -2.19. The Morgan fingerprint density at radius 2 is 1.60 bits per heavy atom. The van der Waals surface area contributed by atoms with E-state index >= 15 is 0 Å². The highest BCUT2D eigenvalue weighted by molar-refractivity contribution is 5.49. The second kappa shape index (κ2) is 4.84. The zero-order valence-corrected chi connectivity index (χ0v) is 12.1. The molecule has 0 spiro atoms. The summed E-state index contributed by atoms with van der Waals surface area (Å²) in [5.74, 6) is 1.57. The van der Waals surface area contributed by atoms with Crippen molar-refractivity contribution in [3.63, 3.8) is 0 Å². The van der Waals surface area contributed by atoms with Crippen molar-refractivity contribution < 1.29 is 9.47 Å². The molecule has 0 aromatic heterocycles. The third-order valence-corrected chi connectivity index (χ3v) is 3.80. The summed E-state index contributed by atoms with van der Waals surface area (Å²) in [5, 5.41) is 0. The molecule has 1 heterocycles. The summed E-state index contributed by atoms with van der Waals surface area (Å²) in [6.07, 6.45) is 0. The summed E-state index contributed by atoms with van der Waals surface area (Å²) in [5.41, 5.74) is 12.4. The SMILES string of the molecule is Cc1cc(C)c(C(N)c2ccc3c(c2)OCO3)c(C)c1. The summed E-state index contributed by atoms with van der Waals surface area (Å²) < 4.78 is 10.8. The standard InChI is InChI=1S/C17H19NO2/c1-10-6-11(2)16(12(3)7-10)17(18)13-4-5-14-15(8-13)20-9-19-14/h4-8,17H,9,18H2,1-3H3. The molecule has 0 fully saturated rings. The van der Waals surface area contributed by atoms with Crippen LogP contribution < -0.4 is 15.2 Å². The van der Waals surface area contributed by atoms with Crippen LogP contribution in [0.4, 0.5) is 0 Å². The van der Waals surface area contributed by atoms with Crippen LogP contribution >= 0.6 is 0 Å². The van der Waals surface area contributed by atoms with Crippen molar-refractivity contribution in [2.45, 2.75) is 26.8 Å². The lowest BCUT2D eigenvalue weighted by Crippen LogP contribution is -2.15. The van der Waals surface area contributed by atoms with Gasteiger partial charge in [0.2, 0.25) is 6.79 Å². The summed E-state index contributed by atoms with van der Waals surface area (Å²) in [6, 6.07) is 10.1. The topological polar surface area (TPSA) is 44.5 Å². The maximum Gasteiger partial charge on any atom is 0.231 e. The Morgan fingerprint density at radius 1 is 0.950 bits per heavy atom. The number of benzene rings is 2. The molecule has 0 radical (unpaired) electrons. The normalized spacial score (nSPS) is 14.4.